The molecule has 1 aromatic rings. The SMILES string of the molecule is COc1ccc(C(N)CC[Si](C)(OC)OC)cc1. The van der Waals surface area contributed by atoms with Gasteiger partial charge in [-0.1, -0.05) is 12.1 Å². The summed E-state index contributed by atoms with van der Waals surface area (Å²) in [6, 6.07) is 8.75. The fourth-order valence-electron chi connectivity index (χ4n) is 1.72. The first-order valence-corrected chi connectivity index (χ1v) is 8.57. The second kappa shape index (κ2) is 6.89. The van der Waals surface area contributed by atoms with E-state index in [1.165, 1.54) is 0 Å². The first kappa shape index (κ1) is 15.2. The molecular weight excluding hydrogens is 246 g/mol. The van der Waals surface area contributed by atoms with Gasteiger partial charge in [0.2, 0.25) is 0 Å². The Hall–Kier alpha value is -0.883. The third-order valence-electron chi connectivity index (χ3n) is 3.32. The summed E-state index contributed by atoms with van der Waals surface area (Å²) in [5.74, 6) is 0.846. The highest BCUT2D eigenvalue weighted by atomic mass is 28.4. The van der Waals surface area contributed by atoms with Crippen molar-refractivity contribution in [1.82, 2.24) is 0 Å². The van der Waals surface area contributed by atoms with Crippen LogP contribution in [-0.2, 0) is 8.85 Å². The van der Waals surface area contributed by atoms with Gasteiger partial charge in [0, 0.05) is 20.3 Å². The van der Waals surface area contributed by atoms with Crippen molar-refractivity contribution in [2.75, 3.05) is 21.3 Å². The Labute approximate surface area is 110 Å². The smallest absolute Gasteiger partial charge is 0.334 e. The van der Waals surface area contributed by atoms with Crippen molar-refractivity contribution in [3.05, 3.63) is 29.8 Å². The van der Waals surface area contributed by atoms with Gasteiger partial charge in [-0.25, -0.2) is 0 Å². The Morgan fingerprint density at radius 3 is 2.11 bits per heavy atom. The van der Waals surface area contributed by atoms with Crippen molar-refractivity contribution < 1.29 is 13.6 Å². The van der Waals surface area contributed by atoms with Gasteiger partial charge >= 0.3 is 8.56 Å². The Bertz CT molecular complexity index is 352. The van der Waals surface area contributed by atoms with E-state index in [1.54, 1.807) is 21.3 Å². The molecule has 0 radical (unpaired) electrons. The van der Waals surface area contributed by atoms with E-state index in [2.05, 4.69) is 0 Å². The maximum atomic E-state index is 6.17. The molecule has 5 heteroatoms. The molecule has 0 fully saturated rings. The van der Waals surface area contributed by atoms with Crippen molar-refractivity contribution in [2.24, 2.45) is 5.73 Å². The van der Waals surface area contributed by atoms with Crippen molar-refractivity contribution in [3.63, 3.8) is 0 Å². The van der Waals surface area contributed by atoms with Crippen LogP contribution in [0.1, 0.15) is 18.0 Å². The molecule has 0 amide bonds. The maximum absolute atomic E-state index is 6.17. The number of hydrogen-bond acceptors (Lipinski definition) is 4. The zero-order valence-corrected chi connectivity index (χ0v) is 12.6. The Balaban J connectivity index is 2.56. The van der Waals surface area contributed by atoms with Gasteiger partial charge < -0.3 is 19.3 Å². The van der Waals surface area contributed by atoms with Gasteiger partial charge in [-0.15, -0.1) is 0 Å². The van der Waals surface area contributed by atoms with Gasteiger partial charge in [-0.05, 0) is 36.7 Å². The molecule has 4 nitrogen and oxygen atoms in total. The van der Waals surface area contributed by atoms with Gasteiger partial charge in [-0.3, -0.25) is 0 Å². The average Bonchev–Trinajstić information content (AvgIpc) is 2.44. The van der Waals surface area contributed by atoms with E-state index < -0.39 is 8.56 Å². The molecule has 0 aliphatic heterocycles. The van der Waals surface area contributed by atoms with Crippen LogP contribution in [0.3, 0.4) is 0 Å². The topological polar surface area (TPSA) is 53.7 Å². The lowest BCUT2D eigenvalue weighted by atomic mass is 10.1. The molecule has 1 unspecified atom stereocenters. The van der Waals surface area contributed by atoms with E-state index in [0.717, 1.165) is 23.8 Å². The third kappa shape index (κ3) is 4.10. The molecule has 0 saturated heterocycles. The summed E-state index contributed by atoms with van der Waals surface area (Å²) < 4.78 is 16.0. The largest absolute Gasteiger partial charge is 0.497 e. The molecule has 0 aliphatic carbocycles. The standard InChI is InChI=1S/C13H23NO3Si/c1-15-12-7-5-11(6-8-12)13(14)9-10-18(4,16-2)17-3/h5-8,13H,9-10,14H2,1-4H3. The molecule has 1 rings (SSSR count). The highest BCUT2D eigenvalue weighted by Crippen LogP contribution is 2.23. The lowest BCUT2D eigenvalue weighted by Crippen LogP contribution is -2.36. The molecule has 0 saturated carbocycles. The summed E-state index contributed by atoms with van der Waals surface area (Å²) in [5, 5.41) is 0. The molecule has 0 bridgehead atoms. The summed E-state index contributed by atoms with van der Waals surface area (Å²) in [7, 11) is 3.05. The maximum Gasteiger partial charge on any atom is 0.334 e. The number of hydrogen-bond donors (Lipinski definition) is 1. The molecule has 2 N–H and O–H groups in total. The second-order valence-corrected chi connectivity index (χ2v) is 8.04. The van der Waals surface area contributed by atoms with Crippen LogP contribution in [0.15, 0.2) is 24.3 Å². The van der Waals surface area contributed by atoms with Gasteiger partial charge in [0.25, 0.3) is 0 Å². The minimum Gasteiger partial charge on any atom is -0.497 e. The van der Waals surface area contributed by atoms with Gasteiger partial charge in [0.05, 0.1) is 7.11 Å². The van der Waals surface area contributed by atoms with E-state index in [1.807, 2.05) is 30.8 Å². The summed E-state index contributed by atoms with van der Waals surface area (Å²) in [5.41, 5.74) is 7.28. The highest BCUT2D eigenvalue weighted by Gasteiger charge is 2.29. The van der Waals surface area contributed by atoms with Crippen LogP contribution < -0.4 is 10.5 Å². The molecule has 102 valence electrons. The second-order valence-electron chi connectivity index (χ2n) is 4.46. The fourth-order valence-corrected chi connectivity index (χ4v) is 3.13. The Morgan fingerprint density at radius 2 is 1.67 bits per heavy atom. The van der Waals surface area contributed by atoms with Crippen LogP contribution in [-0.4, -0.2) is 29.9 Å². The van der Waals surface area contributed by atoms with Crippen LogP contribution >= 0.6 is 0 Å². The van der Waals surface area contributed by atoms with Crippen molar-refractivity contribution in [3.8, 4) is 5.75 Å². The lowest BCUT2D eigenvalue weighted by Gasteiger charge is -2.24. The summed E-state index contributed by atoms with van der Waals surface area (Å²) in [6.45, 7) is 2.05. The zero-order valence-electron chi connectivity index (χ0n) is 11.6. The number of nitrogens with two attached hydrogens (primary N) is 1. The summed E-state index contributed by atoms with van der Waals surface area (Å²) >= 11 is 0. The summed E-state index contributed by atoms with van der Waals surface area (Å²) in [6.07, 6.45) is 0.858. The monoisotopic (exact) mass is 269 g/mol. The van der Waals surface area contributed by atoms with Crippen molar-refractivity contribution in [1.29, 1.82) is 0 Å². The van der Waals surface area contributed by atoms with Crippen LogP contribution in [0.2, 0.25) is 12.6 Å². The van der Waals surface area contributed by atoms with Crippen molar-refractivity contribution >= 4 is 8.56 Å². The van der Waals surface area contributed by atoms with Crippen LogP contribution in [0.5, 0.6) is 5.75 Å². The molecule has 0 heterocycles. The summed E-state index contributed by atoms with van der Waals surface area (Å²) in [4.78, 5) is 0. The highest BCUT2D eigenvalue weighted by molar-refractivity contribution is 6.65. The lowest BCUT2D eigenvalue weighted by molar-refractivity contribution is 0.247. The quantitative estimate of drug-likeness (QED) is 0.773. The predicted molar refractivity (Wildman–Crippen MR) is 75.0 cm³/mol. The number of ether oxygens (including phenoxy) is 1. The minimum atomic E-state index is -2.02. The molecule has 0 aliphatic rings. The molecule has 1 atom stereocenters. The Kier molecular flexibility index (Phi) is 5.81. The minimum absolute atomic E-state index is 0.00744. The third-order valence-corrected chi connectivity index (χ3v) is 6.24. The molecule has 0 spiro atoms. The van der Waals surface area contributed by atoms with E-state index in [0.29, 0.717) is 0 Å². The first-order chi connectivity index (χ1) is 8.54. The van der Waals surface area contributed by atoms with Gasteiger partial charge in [-0.2, -0.15) is 0 Å². The predicted octanol–water partition coefficient (Wildman–Crippen LogP) is 2.45. The fraction of sp³-hybridized carbons (Fsp3) is 0.538. The number of benzene rings is 1. The van der Waals surface area contributed by atoms with E-state index in [-0.39, 0.29) is 6.04 Å². The Morgan fingerprint density at radius 1 is 1.11 bits per heavy atom. The number of methoxy groups -OCH3 is 1. The van der Waals surface area contributed by atoms with Crippen LogP contribution in [0.25, 0.3) is 0 Å². The van der Waals surface area contributed by atoms with E-state index in [9.17, 15) is 0 Å². The first-order valence-electron chi connectivity index (χ1n) is 6.04. The average molecular weight is 269 g/mol. The molecule has 0 aromatic heterocycles. The normalized spacial score (nSPS) is 13.4. The molecule has 1 aromatic carbocycles. The zero-order chi connectivity index (χ0) is 13.6. The van der Waals surface area contributed by atoms with E-state index >= 15 is 0 Å². The van der Waals surface area contributed by atoms with Gasteiger partial charge in [0.15, 0.2) is 0 Å². The van der Waals surface area contributed by atoms with E-state index in [4.69, 9.17) is 19.3 Å². The number of rotatable bonds is 7. The van der Waals surface area contributed by atoms with Crippen LogP contribution in [0, 0.1) is 0 Å². The van der Waals surface area contributed by atoms with Crippen molar-refractivity contribution in [2.45, 2.75) is 25.1 Å². The van der Waals surface area contributed by atoms with Gasteiger partial charge in [0.1, 0.15) is 5.75 Å². The van der Waals surface area contributed by atoms with Crippen LogP contribution in [0.4, 0.5) is 0 Å². The molecule has 18 heavy (non-hydrogen) atoms. The molecular formula is C13H23NO3Si.